The lowest BCUT2D eigenvalue weighted by Crippen LogP contribution is -2.38. The van der Waals surface area contributed by atoms with Gasteiger partial charge in [-0.1, -0.05) is 25.4 Å². The zero-order valence-electron chi connectivity index (χ0n) is 21.3. The van der Waals surface area contributed by atoms with Crippen LogP contribution < -0.4 is 9.64 Å². The third-order valence-corrected chi connectivity index (χ3v) is 5.43. The number of ether oxygens (including phenoxy) is 2. The summed E-state index contributed by atoms with van der Waals surface area (Å²) in [6.45, 7) is 7.44. The van der Waals surface area contributed by atoms with E-state index in [0.717, 1.165) is 19.4 Å². The number of pyridine rings is 2. The summed E-state index contributed by atoms with van der Waals surface area (Å²) in [6, 6.07) is 7.20. The van der Waals surface area contributed by atoms with Crippen molar-refractivity contribution >= 4 is 40.8 Å². The highest BCUT2D eigenvalue weighted by molar-refractivity contribution is 6.30. The van der Waals surface area contributed by atoms with Crippen molar-refractivity contribution in [2.24, 2.45) is 0 Å². The molecule has 0 atom stereocenters. The fourth-order valence-corrected chi connectivity index (χ4v) is 3.53. The molecule has 2 heterocycles. The highest BCUT2D eigenvalue weighted by Crippen LogP contribution is 2.38. The number of carbonyl (C=O) groups is 2. The smallest absolute Gasteiger partial charge is 0.421 e. The molecule has 0 aliphatic heterocycles. The molecule has 0 spiro atoms. The molecule has 0 saturated carbocycles. The predicted molar refractivity (Wildman–Crippen MR) is 139 cm³/mol. The summed E-state index contributed by atoms with van der Waals surface area (Å²) >= 11 is 11.5. The minimum atomic E-state index is -4.76. The Balaban J connectivity index is 0.00000247. The first-order valence-electron chi connectivity index (χ1n) is 11.4. The first kappa shape index (κ1) is 30.9. The molecule has 3 aromatic rings. The van der Waals surface area contributed by atoms with Gasteiger partial charge in [0.05, 0.1) is 23.4 Å². The van der Waals surface area contributed by atoms with Crippen molar-refractivity contribution in [1.82, 2.24) is 9.97 Å². The Morgan fingerprint density at radius 1 is 1.05 bits per heavy atom. The monoisotopic (exact) mass is 571 g/mol. The Bertz CT molecular complexity index is 1270. The van der Waals surface area contributed by atoms with Crippen molar-refractivity contribution in [3.8, 4) is 11.6 Å². The summed E-state index contributed by atoms with van der Waals surface area (Å²) in [5.74, 6) is -2.38. The number of hydrogen-bond acceptors (Lipinski definition) is 6. The molecule has 12 heteroatoms. The number of carbonyl (C=O) groups excluding carboxylic acids is 2. The first-order valence-corrected chi connectivity index (χ1v) is 12.3. The van der Waals surface area contributed by atoms with Crippen LogP contribution in [0.5, 0.6) is 11.6 Å². The van der Waals surface area contributed by atoms with Crippen LogP contribution >= 0.6 is 23.2 Å². The lowest BCUT2D eigenvalue weighted by Gasteiger charge is -2.28. The topological polar surface area (TPSA) is 81.6 Å². The molecule has 7 nitrogen and oxygen atoms in total. The number of halogens is 5. The molecule has 0 unspecified atom stereocenters. The van der Waals surface area contributed by atoms with Crippen LogP contribution in [0.1, 0.15) is 59.7 Å². The fraction of sp³-hybridized carbons (Fsp3) is 0.308. The van der Waals surface area contributed by atoms with Gasteiger partial charge in [0.15, 0.2) is 0 Å². The number of hydrogen-bond donors (Lipinski definition) is 0. The van der Waals surface area contributed by atoms with Crippen LogP contribution in [0.3, 0.4) is 0 Å². The zero-order chi connectivity index (χ0) is 28.6. The van der Waals surface area contributed by atoms with Crippen LogP contribution in [-0.4, -0.2) is 35.0 Å². The summed E-state index contributed by atoms with van der Waals surface area (Å²) in [5, 5.41) is 0.338. The van der Waals surface area contributed by atoms with Gasteiger partial charge in [-0.15, -0.1) is 11.6 Å². The van der Waals surface area contributed by atoms with E-state index in [1.54, 1.807) is 13.8 Å². The fourth-order valence-electron chi connectivity index (χ4n) is 3.27. The summed E-state index contributed by atoms with van der Waals surface area (Å²) in [6.07, 6.45) is -2.29. The number of aromatic nitrogens is 2. The molecular formula is C26H26Cl2F3N3O4. The van der Waals surface area contributed by atoms with E-state index in [1.165, 1.54) is 41.4 Å². The van der Waals surface area contributed by atoms with E-state index in [-0.39, 0.29) is 34.1 Å². The Morgan fingerprint density at radius 3 is 2.26 bits per heavy atom. The normalized spacial score (nSPS) is 10.9. The van der Waals surface area contributed by atoms with Crippen LogP contribution in [0.15, 0.2) is 48.8 Å². The van der Waals surface area contributed by atoms with Gasteiger partial charge in [-0.2, -0.15) is 13.2 Å². The quantitative estimate of drug-likeness (QED) is 0.215. The average molecular weight is 572 g/mol. The summed E-state index contributed by atoms with van der Waals surface area (Å²) in [4.78, 5) is 34.9. The Morgan fingerprint density at radius 2 is 1.74 bits per heavy atom. The van der Waals surface area contributed by atoms with Crippen LogP contribution in [-0.2, 0) is 16.8 Å². The van der Waals surface area contributed by atoms with E-state index in [2.05, 4.69) is 9.97 Å². The molecule has 0 radical (unpaired) electrons. The van der Waals surface area contributed by atoms with Crippen molar-refractivity contribution in [2.45, 2.75) is 45.8 Å². The number of methoxy groups -OCH3 is 1. The molecule has 204 valence electrons. The van der Waals surface area contributed by atoms with Crippen LogP contribution in [0.2, 0.25) is 5.02 Å². The van der Waals surface area contributed by atoms with Gasteiger partial charge >= 0.3 is 12.1 Å². The average Bonchev–Trinajstić information content (AvgIpc) is 2.90. The molecule has 38 heavy (non-hydrogen) atoms. The SMILES string of the molecule is CC.COC(=O)c1cc(Oc2ncc(CCl)cc2C(F)(F)F)ccc1N(C(=O)c1ccc(Cl)cn1)C(C)C. The predicted octanol–water partition coefficient (Wildman–Crippen LogP) is 7.55. The van der Waals surface area contributed by atoms with Gasteiger partial charge < -0.3 is 14.4 Å². The van der Waals surface area contributed by atoms with Crippen molar-refractivity contribution in [3.63, 3.8) is 0 Å². The van der Waals surface area contributed by atoms with Gasteiger partial charge in [0.25, 0.3) is 5.91 Å². The lowest BCUT2D eigenvalue weighted by molar-refractivity contribution is -0.138. The molecule has 0 saturated heterocycles. The molecule has 1 aromatic carbocycles. The van der Waals surface area contributed by atoms with Gasteiger partial charge in [0.1, 0.15) is 17.0 Å². The molecule has 0 N–H and O–H groups in total. The molecule has 0 bridgehead atoms. The third kappa shape index (κ3) is 7.35. The molecule has 2 aromatic heterocycles. The highest BCUT2D eigenvalue weighted by atomic mass is 35.5. The summed E-state index contributed by atoms with van der Waals surface area (Å²) in [5.41, 5.74) is -0.868. The molecular weight excluding hydrogens is 546 g/mol. The maximum atomic E-state index is 13.6. The number of rotatable bonds is 7. The lowest BCUT2D eigenvalue weighted by atomic mass is 10.1. The first-order chi connectivity index (χ1) is 18.0. The van der Waals surface area contributed by atoms with Gasteiger partial charge in [-0.3, -0.25) is 4.79 Å². The van der Waals surface area contributed by atoms with Crippen molar-refractivity contribution < 1.29 is 32.2 Å². The summed E-state index contributed by atoms with van der Waals surface area (Å²) in [7, 11) is 1.14. The maximum absolute atomic E-state index is 13.6. The standard InChI is InChI=1S/C24H20Cl2F3N3O4.C2H6/c1-13(2)32(22(33)19-6-4-15(26)12-30-19)20-7-5-16(9-17(20)23(34)35-3)36-21-18(24(27,28)29)8-14(10-25)11-31-21;1-2/h4-9,11-13H,10H2,1-3H3;1-2H3. The molecule has 1 amide bonds. The van der Waals surface area contributed by atoms with Crippen LogP contribution in [0.4, 0.5) is 18.9 Å². The second-order valence-electron chi connectivity index (χ2n) is 7.73. The Hall–Kier alpha value is -3.37. The Kier molecular flexibility index (Phi) is 10.9. The van der Waals surface area contributed by atoms with Gasteiger partial charge in [0, 0.05) is 24.3 Å². The van der Waals surface area contributed by atoms with Gasteiger partial charge in [-0.25, -0.2) is 14.8 Å². The van der Waals surface area contributed by atoms with Crippen molar-refractivity contribution in [2.75, 3.05) is 12.0 Å². The number of anilines is 1. The second kappa shape index (κ2) is 13.4. The zero-order valence-corrected chi connectivity index (χ0v) is 22.8. The molecule has 3 rings (SSSR count). The van der Waals surface area contributed by atoms with Gasteiger partial charge in [0.2, 0.25) is 5.88 Å². The summed E-state index contributed by atoms with van der Waals surface area (Å²) < 4.78 is 51.0. The minimum Gasteiger partial charge on any atom is -0.465 e. The number of esters is 1. The van der Waals surface area contributed by atoms with Crippen LogP contribution in [0.25, 0.3) is 0 Å². The van der Waals surface area contributed by atoms with Crippen LogP contribution in [0, 0.1) is 0 Å². The molecule has 0 fully saturated rings. The molecule has 0 aliphatic carbocycles. The number of nitrogens with zero attached hydrogens (tertiary/aromatic N) is 3. The molecule has 0 aliphatic rings. The van der Waals surface area contributed by atoms with E-state index >= 15 is 0 Å². The van der Waals surface area contributed by atoms with E-state index in [1.807, 2.05) is 13.8 Å². The van der Waals surface area contributed by atoms with E-state index in [0.29, 0.717) is 5.02 Å². The Labute approximate surface area is 228 Å². The third-order valence-electron chi connectivity index (χ3n) is 4.90. The minimum absolute atomic E-state index is 0.0719. The van der Waals surface area contributed by atoms with E-state index < -0.39 is 35.5 Å². The van der Waals surface area contributed by atoms with E-state index in [9.17, 15) is 22.8 Å². The number of benzene rings is 1. The highest BCUT2D eigenvalue weighted by Gasteiger charge is 2.36. The maximum Gasteiger partial charge on any atom is 0.421 e. The van der Waals surface area contributed by atoms with Gasteiger partial charge in [-0.05, 0) is 55.8 Å². The second-order valence-corrected chi connectivity index (χ2v) is 8.43. The number of alkyl halides is 4. The van der Waals surface area contributed by atoms with Crippen molar-refractivity contribution in [1.29, 1.82) is 0 Å². The number of amides is 1. The largest absolute Gasteiger partial charge is 0.465 e. The van der Waals surface area contributed by atoms with Crippen molar-refractivity contribution in [3.05, 3.63) is 76.2 Å². The van der Waals surface area contributed by atoms with E-state index in [4.69, 9.17) is 32.7 Å².